The van der Waals surface area contributed by atoms with Crippen molar-refractivity contribution < 1.29 is 9.47 Å². The van der Waals surface area contributed by atoms with E-state index in [2.05, 4.69) is 120 Å². The Morgan fingerprint density at radius 2 is 1.48 bits per heavy atom. The number of benzene rings is 3. The van der Waals surface area contributed by atoms with Gasteiger partial charge in [0, 0.05) is 40.4 Å². The predicted octanol–water partition coefficient (Wildman–Crippen LogP) is 10.4. The van der Waals surface area contributed by atoms with Gasteiger partial charge < -0.3 is 9.47 Å². The van der Waals surface area contributed by atoms with E-state index >= 15 is 0 Å². The van der Waals surface area contributed by atoms with Crippen molar-refractivity contribution in [2.45, 2.75) is 72.3 Å². The van der Waals surface area contributed by atoms with Gasteiger partial charge in [0.25, 0.3) is 0 Å². The van der Waals surface area contributed by atoms with E-state index in [1.807, 2.05) is 36.5 Å². The fourth-order valence-electron chi connectivity index (χ4n) is 6.27. The summed E-state index contributed by atoms with van der Waals surface area (Å²) < 4.78 is 15.1. The van der Waals surface area contributed by atoms with Gasteiger partial charge in [0.15, 0.2) is 0 Å². The second-order valence-electron chi connectivity index (χ2n) is 15.3. The number of fused-ring (bicyclic) bond motifs is 3. The molecule has 3 aromatic carbocycles. The molecule has 0 saturated heterocycles. The van der Waals surface area contributed by atoms with Gasteiger partial charge >= 0.3 is 0 Å². The Kier molecular flexibility index (Phi) is 7.86. The highest BCUT2D eigenvalue weighted by Crippen LogP contribution is 2.38. The number of aromatic nitrogens is 3. The number of rotatable bonds is 6. The molecule has 1 aliphatic rings. The van der Waals surface area contributed by atoms with Crippen LogP contribution in [0.4, 0.5) is 0 Å². The maximum absolute atomic E-state index is 6.69. The Labute approximate surface area is 283 Å². The van der Waals surface area contributed by atoms with Crippen molar-refractivity contribution in [3.05, 3.63) is 114 Å². The van der Waals surface area contributed by atoms with E-state index in [4.69, 9.17) is 19.5 Å². The normalized spacial score (nSPS) is 15.3. The predicted molar refractivity (Wildman–Crippen MR) is 197 cm³/mol. The Morgan fingerprint density at radius 1 is 0.708 bits per heavy atom. The second-order valence-corrected chi connectivity index (χ2v) is 15.3. The molecule has 0 fully saturated rings. The topological polar surface area (TPSA) is 61.5 Å². The molecule has 0 spiro atoms. The van der Waals surface area contributed by atoms with Gasteiger partial charge in [-0.15, -0.1) is 0 Å². The Balaban J connectivity index is 1.38. The lowest BCUT2D eigenvalue weighted by Crippen LogP contribution is -2.13. The van der Waals surface area contributed by atoms with Crippen LogP contribution in [0.1, 0.15) is 72.1 Å². The van der Waals surface area contributed by atoms with Gasteiger partial charge in [-0.2, -0.15) is 0 Å². The van der Waals surface area contributed by atoms with E-state index in [0.29, 0.717) is 24.2 Å². The third-order valence-electron chi connectivity index (χ3n) is 9.24. The first kappa shape index (κ1) is 31.6. The summed E-state index contributed by atoms with van der Waals surface area (Å²) in [5.74, 6) is 3.35. The molecule has 0 bridgehead atoms. The molecule has 0 N–H and O–H groups in total. The first-order valence-corrected chi connectivity index (χ1v) is 16.9. The quantitative estimate of drug-likeness (QED) is 0.183. The molecule has 244 valence electrons. The third-order valence-corrected chi connectivity index (χ3v) is 9.24. The standard InChI is InChI=1S/C42H44N4O2/c1-26(2)36-25-47-40(45-36)28-19-27(35-11-9-10-17-43-35)20-32(21-28)48-31-13-14-33-34-22-29(41(3,4)5)12-15-37(34)46(38(33)24-31)39-23-30(16-18-44-39)42(6,7)8/h9-24,26,36H,25H2,1-8H3/t36-/m0/s1. The van der Waals surface area contributed by atoms with Gasteiger partial charge in [0.1, 0.15) is 23.9 Å². The van der Waals surface area contributed by atoms with Gasteiger partial charge in [-0.05, 0) is 94.6 Å². The summed E-state index contributed by atoms with van der Waals surface area (Å²) >= 11 is 0. The lowest BCUT2D eigenvalue weighted by molar-refractivity contribution is 0.292. The average Bonchev–Trinajstić information content (AvgIpc) is 3.68. The summed E-state index contributed by atoms with van der Waals surface area (Å²) in [4.78, 5) is 14.4. The molecule has 6 aromatic rings. The van der Waals surface area contributed by atoms with E-state index < -0.39 is 0 Å². The van der Waals surface area contributed by atoms with Crippen LogP contribution in [0.15, 0.2) is 102 Å². The molecular weight excluding hydrogens is 592 g/mol. The monoisotopic (exact) mass is 636 g/mol. The Bertz CT molecular complexity index is 2160. The Hall–Kier alpha value is -4.97. The van der Waals surface area contributed by atoms with Crippen LogP contribution in [-0.2, 0) is 15.6 Å². The molecular formula is C42H44N4O2. The second kappa shape index (κ2) is 11.9. The Morgan fingerprint density at radius 3 is 2.19 bits per heavy atom. The first-order valence-electron chi connectivity index (χ1n) is 16.9. The van der Waals surface area contributed by atoms with Crippen LogP contribution in [0.3, 0.4) is 0 Å². The van der Waals surface area contributed by atoms with E-state index in [1.165, 1.54) is 16.5 Å². The van der Waals surface area contributed by atoms with Crippen LogP contribution < -0.4 is 4.74 Å². The molecule has 0 aliphatic carbocycles. The minimum atomic E-state index is -0.0109. The molecule has 0 radical (unpaired) electrons. The van der Waals surface area contributed by atoms with Gasteiger partial charge in [-0.3, -0.25) is 9.55 Å². The van der Waals surface area contributed by atoms with Crippen molar-refractivity contribution >= 4 is 27.7 Å². The molecule has 0 unspecified atom stereocenters. The van der Waals surface area contributed by atoms with Crippen molar-refractivity contribution in [1.82, 2.24) is 14.5 Å². The highest BCUT2D eigenvalue weighted by Gasteiger charge is 2.25. The molecule has 0 amide bonds. The summed E-state index contributed by atoms with van der Waals surface area (Å²) in [6.45, 7) is 18.4. The number of hydrogen-bond acceptors (Lipinski definition) is 5. The first-order chi connectivity index (χ1) is 22.8. The van der Waals surface area contributed by atoms with Crippen molar-refractivity contribution in [2.24, 2.45) is 10.9 Å². The molecule has 1 atom stereocenters. The van der Waals surface area contributed by atoms with Crippen LogP contribution in [0.25, 0.3) is 38.9 Å². The highest BCUT2D eigenvalue weighted by atomic mass is 16.5. The number of aliphatic imine (C=N–C) groups is 1. The highest BCUT2D eigenvalue weighted by molar-refractivity contribution is 6.09. The van der Waals surface area contributed by atoms with Crippen molar-refractivity contribution in [3.8, 4) is 28.6 Å². The van der Waals surface area contributed by atoms with Crippen molar-refractivity contribution in [2.75, 3.05) is 6.61 Å². The zero-order valence-corrected chi connectivity index (χ0v) is 29.2. The van der Waals surface area contributed by atoms with E-state index in [0.717, 1.165) is 44.8 Å². The van der Waals surface area contributed by atoms with Crippen LogP contribution in [-0.4, -0.2) is 33.1 Å². The molecule has 4 heterocycles. The number of hydrogen-bond donors (Lipinski definition) is 0. The summed E-state index contributed by atoms with van der Waals surface area (Å²) in [5, 5.41) is 2.35. The SMILES string of the molecule is CC(C)[C@@H]1COC(c2cc(Oc3ccc4c5cc(C(C)(C)C)ccc5n(-c5cc(C(C)(C)C)ccn5)c4c3)cc(-c3ccccn3)c2)=N1. The van der Waals surface area contributed by atoms with Gasteiger partial charge in [-0.1, -0.05) is 67.5 Å². The van der Waals surface area contributed by atoms with Gasteiger partial charge in [-0.25, -0.2) is 9.98 Å². The van der Waals surface area contributed by atoms with Crippen LogP contribution >= 0.6 is 0 Å². The lowest BCUT2D eigenvalue weighted by atomic mass is 9.86. The average molecular weight is 637 g/mol. The van der Waals surface area contributed by atoms with Gasteiger partial charge in [0.05, 0.1) is 22.8 Å². The van der Waals surface area contributed by atoms with E-state index in [-0.39, 0.29) is 16.9 Å². The molecule has 48 heavy (non-hydrogen) atoms. The molecule has 0 saturated carbocycles. The fourth-order valence-corrected chi connectivity index (χ4v) is 6.27. The van der Waals surface area contributed by atoms with Crippen molar-refractivity contribution in [3.63, 3.8) is 0 Å². The van der Waals surface area contributed by atoms with E-state index in [1.54, 1.807) is 6.20 Å². The smallest absolute Gasteiger partial charge is 0.216 e. The minimum absolute atomic E-state index is 0.0109. The maximum atomic E-state index is 6.69. The fraction of sp³-hybridized carbons (Fsp3) is 0.310. The molecule has 6 nitrogen and oxygen atoms in total. The number of pyridine rings is 2. The summed E-state index contributed by atoms with van der Waals surface area (Å²) in [6.07, 6.45) is 3.72. The molecule has 7 rings (SSSR count). The van der Waals surface area contributed by atoms with Crippen LogP contribution in [0, 0.1) is 5.92 Å². The maximum Gasteiger partial charge on any atom is 0.216 e. The largest absolute Gasteiger partial charge is 0.475 e. The van der Waals surface area contributed by atoms with Crippen LogP contribution in [0.5, 0.6) is 11.5 Å². The molecule has 1 aliphatic heterocycles. The lowest BCUT2D eigenvalue weighted by Gasteiger charge is -2.20. The number of nitrogens with zero attached hydrogens (tertiary/aromatic N) is 4. The summed E-state index contributed by atoms with van der Waals surface area (Å²) in [7, 11) is 0. The van der Waals surface area contributed by atoms with E-state index in [9.17, 15) is 0 Å². The minimum Gasteiger partial charge on any atom is -0.475 e. The zero-order chi connectivity index (χ0) is 33.8. The third kappa shape index (κ3) is 6.08. The van der Waals surface area contributed by atoms with Crippen molar-refractivity contribution in [1.29, 1.82) is 0 Å². The van der Waals surface area contributed by atoms with Crippen LogP contribution in [0.2, 0.25) is 0 Å². The van der Waals surface area contributed by atoms with Gasteiger partial charge in [0.2, 0.25) is 5.90 Å². The molecule has 3 aromatic heterocycles. The number of ether oxygens (including phenoxy) is 2. The zero-order valence-electron chi connectivity index (χ0n) is 29.2. The molecule has 6 heteroatoms. The summed E-state index contributed by atoms with van der Waals surface area (Å²) in [6, 6.07) is 29.7. The summed E-state index contributed by atoms with van der Waals surface area (Å²) in [5.41, 5.74) is 7.37.